The zero-order valence-corrected chi connectivity index (χ0v) is 17.7. The second kappa shape index (κ2) is 8.82. The van der Waals surface area contributed by atoms with Gasteiger partial charge in [-0.15, -0.1) is 0 Å². The number of imide groups is 1. The van der Waals surface area contributed by atoms with Gasteiger partial charge in [0.2, 0.25) is 0 Å². The molecule has 0 saturated carbocycles. The minimum absolute atomic E-state index is 0.0941. The minimum Gasteiger partial charge on any atom is -0.350 e. The van der Waals surface area contributed by atoms with Gasteiger partial charge in [0.05, 0.1) is 10.7 Å². The Kier molecular flexibility index (Phi) is 5.94. The van der Waals surface area contributed by atoms with Crippen molar-refractivity contribution < 1.29 is 18.8 Å². The number of halogens is 3. The number of benzene rings is 3. The number of nitrogens with zero attached hydrogens (tertiary/aromatic N) is 1. The van der Waals surface area contributed by atoms with E-state index in [1.807, 2.05) is 0 Å². The molecule has 1 heterocycles. The van der Waals surface area contributed by atoms with Gasteiger partial charge in [-0.1, -0.05) is 47.5 Å². The highest BCUT2D eigenvalue weighted by molar-refractivity contribution is 6.53. The first-order valence-corrected chi connectivity index (χ1v) is 10.1. The summed E-state index contributed by atoms with van der Waals surface area (Å²) < 4.78 is 13.3. The summed E-state index contributed by atoms with van der Waals surface area (Å²) in [4.78, 5) is 38.9. The van der Waals surface area contributed by atoms with Crippen LogP contribution in [0.15, 0.2) is 83.5 Å². The summed E-state index contributed by atoms with van der Waals surface area (Å²) in [5.41, 5.74) is 1.25. The van der Waals surface area contributed by atoms with E-state index in [1.54, 1.807) is 48.5 Å². The fourth-order valence-electron chi connectivity index (χ4n) is 3.08. The van der Waals surface area contributed by atoms with Gasteiger partial charge in [-0.2, -0.15) is 0 Å². The van der Waals surface area contributed by atoms with Crippen LogP contribution in [-0.4, -0.2) is 17.7 Å². The van der Waals surface area contributed by atoms with Crippen LogP contribution in [0.4, 0.5) is 21.5 Å². The highest BCUT2D eigenvalue weighted by Gasteiger charge is 2.38. The van der Waals surface area contributed by atoms with Crippen molar-refractivity contribution in [2.45, 2.75) is 0 Å². The number of carbonyl (C=O) groups is 3. The molecule has 3 amide bonds. The van der Waals surface area contributed by atoms with Crippen molar-refractivity contribution in [2.75, 3.05) is 15.5 Å². The predicted octanol–water partition coefficient (Wildman–Crippen LogP) is 5.17. The number of carbonyl (C=O) groups excluding carboxylic acids is 3. The molecule has 0 saturated heterocycles. The molecule has 0 fully saturated rings. The molecule has 2 N–H and O–H groups in total. The topological polar surface area (TPSA) is 78.5 Å². The van der Waals surface area contributed by atoms with Gasteiger partial charge in [-0.3, -0.25) is 14.4 Å². The third-order valence-corrected chi connectivity index (χ3v) is 5.25. The monoisotopic (exact) mass is 469 g/mol. The molecule has 9 heteroatoms. The molecule has 0 unspecified atom stereocenters. The quantitative estimate of drug-likeness (QED) is 0.505. The van der Waals surface area contributed by atoms with Crippen molar-refractivity contribution in [3.05, 3.63) is 99.9 Å². The second-order valence-electron chi connectivity index (χ2n) is 6.76. The Balaban J connectivity index is 1.53. The lowest BCUT2D eigenvalue weighted by Gasteiger charge is -2.15. The summed E-state index contributed by atoms with van der Waals surface area (Å²) in [5.74, 6) is -2.33. The maximum atomic E-state index is 13.3. The van der Waals surface area contributed by atoms with E-state index in [4.69, 9.17) is 23.2 Å². The molecule has 0 aromatic heterocycles. The second-order valence-corrected chi connectivity index (χ2v) is 7.54. The lowest BCUT2D eigenvalue weighted by atomic mass is 10.1. The lowest BCUT2D eigenvalue weighted by Crippen LogP contribution is -2.32. The first-order chi connectivity index (χ1) is 15.3. The first-order valence-electron chi connectivity index (χ1n) is 9.32. The van der Waals surface area contributed by atoms with Crippen LogP contribution in [0.5, 0.6) is 0 Å². The van der Waals surface area contributed by atoms with E-state index in [0.29, 0.717) is 17.1 Å². The predicted molar refractivity (Wildman–Crippen MR) is 121 cm³/mol. The van der Waals surface area contributed by atoms with Crippen LogP contribution in [0.3, 0.4) is 0 Å². The smallest absolute Gasteiger partial charge is 0.283 e. The molecule has 0 atom stereocenters. The molecule has 160 valence electrons. The van der Waals surface area contributed by atoms with E-state index in [0.717, 1.165) is 11.0 Å². The van der Waals surface area contributed by atoms with E-state index >= 15 is 0 Å². The Morgan fingerprint density at radius 1 is 0.844 bits per heavy atom. The van der Waals surface area contributed by atoms with E-state index in [9.17, 15) is 18.8 Å². The molecule has 3 aromatic carbocycles. The van der Waals surface area contributed by atoms with Crippen molar-refractivity contribution in [3.8, 4) is 0 Å². The van der Waals surface area contributed by atoms with Gasteiger partial charge < -0.3 is 10.6 Å². The first kappa shape index (κ1) is 21.5. The number of anilines is 3. The highest BCUT2D eigenvalue weighted by atomic mass is 35.5. The number of hydrogen-bond acceptors (Lipinski definition) is 4. The third kappa shape index (κ3) is 4.21. The minimum atomic E-state index is -0.646. The molecular formula is C23H14Cl2FN3O3. The fourth-order valence-corrected chi connectivity index (χ4v) is 3.48. The van der Waals surface area contributed by atoms with Crippen molar-refractivity contribution in [3.63, 3.8) is 0 Å². The summed E-state index contributed by atoms with van der Waals surface area (Å²) in [6.45, 7) is 0. The molecule has 0 bridgehead atoms. The zero-order chi connectivity index (χ0) is 22.8. The van der Waals surface area contributed by atoms with Crippen LogP contribution in [0.25, 0.3) is 0 Å². The van der Waals surface area contributed by atoms with Gasteiger partial charge >= 0.3 is 0 Å². The van der Waals surface area contributed by atoms with Gasteiger partial charge in [0.25, 0.3) is 17.7 Å². The molecule has 32 heavy (non-hydrogen) atoms. The van der Waals surface area contributed by atoms with Gasteiger partial charge in [-0.05, 0) is 48.5 Å². The average Bonchev–Trinajstić information content (AvgIpc) is 3.00. The molecular weight excluding hydrogens is 456 g/mol. The van der Waals surface area contributed by atoms with E-state index < -0.39 is 23.5 Å². The Labute approximate surface area is 192 Å². The number of nitrogens with one attached hydrogen (secondary N) is 2. The molecule has 0 spiro atoms. The van der Waals surface area contributed by atoms with Crippen LogP contribution < -0.4 is 15.5 Å². The zero-order valence-electron chi connectivity index (χ0n) is 16.2. The Morgan fingerprint density at radius 2 is 1.59 bits per heavy atom. The van der Waals surface area contributed by atoms with E-state index in [1.165, 1.54) is 18.2 Å². The standard InChI is InChI=1S/C23H14Cl2FN3O3/c24-17-12-15(9-10-18(17)26)28-21(30)13-5-4-6-14(11-13)27-20-19(25)22(31)29(23(20)32)16-7-2-1-3-8-16/h1-12,27H,(H,28,30). The van der Waals surface area contributed by atoms with E-state index in [2.05, 4.69) is 10.6 Å². The maximum Gasteiger partial charge on any atom is 0.283 e. The molecule has 6 nitrogen and oxygen atoms in total. The molecule has 0 aliphatic carbocycles. The number of para-hydroxylation sites is 1. The average molecular weight is 470 g/mol. The van der Waals surface area contributed by atoms with Crippen LogP contribution in [0, 0.1) is 5.82 Å². The normalized spacial score (nSPS) is 13.5. The highest BCUT2D eigenvalue weighted by Crippen LogP contribution is 2.30. The largest absolute Gasteiger partial charge is 0.350 e. The van der Waals surface area contributed by atoms with Crippen molar-refractivity contribution in [2.24, 2.45) is 0 Å². The molecule has 3 aromatic rings. The third-order valence-electron chi connectivity index (χ3n) is 4.61. The summed E-state index contributed by atoms with van der Waals surface area (Å²) in [5, 5.41) is 5.07. The Hall–Kier alpha value is -3.68. The number of amides is 3. The van der Waals surface area contributed by atoms with Gasteiger partial charge in [0, 0.05) is 16.9 Å². The Bertz CT molecular complexity index is 1280. The van der Waals surface area contributed by atoms with Gasteiger partial charge in [-0.25, -0.2) is 9.29 Å². The number of hydrogen-bond donors (Lipinski definition) is 2. The van der Waals surface area contributed by atoms with Crippen LogP contribution in [0.1, 0.15) is 10.4 Å². The molecule has 1 aliphatic rings. The van der Waals surface area contributed by atoms with Crippen molar-refractivity contribution >= 4 is 58.0 Å². The summed E-state index contributed by atoms with van der Waals surface area (Å²) in [6.07, 6.45) is 0. The fraction of sp³-hybridized carbons (Fsp3) is 0. The SMILES string of the molecule is O=C(Nc1ccc(F)c(Cl)c1)c1cccc(NC2=C(Cl)C(=O)N(c3ccccc3)C2=O)c1. The number of rotatable bonds is 5. The Morgan fingerprint density at radius 3 is 2.31 bits per heavy atom. The van der Waals surface area contributed by atoms with Crippen molar-refractivity contribution in [1.82, 2.24) is 0 Å². The maximum absolute atomic E-state index is 13.3. The van der Waals surface area contributed by atoms with Crippen LogP contribution in [-0.2, 0) is 9.59 Å². The molecule has 4 rings (SSSR count). The summed E-state index contributed by atoms with van der Waals surface area (Å²) in [6, 6.07) is 18.5. The van der Waals surface area contributed by atoms with E-state index in [-0.39, 0.29) is 21.3 Å². The van der Waals surface area contributed by atoms with Gasteiger partial charge in [0.15, 0.2) is 0 Å². The lowest BCUT2D eigenvalue weighted by molar-refractivity contribution is -0.120. The molecule has 0 radical (unpaired) electrons. The summed E-state index contributed by atoms with van der Waals surface area (Å²) in [7, 11) is 0. The van der Waals surface area contributed by atoms with Crippen LogP contribution >= 0.6 is 23.2 Å². The van der Waals surface area contributed by atoms with Crippen molar-refractivity contribution in [1.29, 1.82) is 0 Å². The molecule has 1 aliphatic heterocycles. The van der Waals surface area contributed by atoms with Crippen LogP contribution in [0.2, 0.25) is 5.02 Å². The summed E-state index contributed by atoms with van der Waals surface area (Å²) >= 11 is 11.9. The van der Waals surface area contributed by atoms with Gasteiger partial charge in [0.1, 0.15) is 16.5 Å².